The summed E-state index contributed by atoms with van der Waals surface area (Å²) in [7, 11) is -3.37. The average molecular weight is 426 g/mol. The highest BCUT2D eigenvalue weighted by atomic mass is 32.2. The molecule has 29 heavy (non-hydrogen) atoms. The minimum Gasteiger partial charge on any atom is -0.379 e. The third-order valence-corrected chi connectivity index (χ3v) is 7.00. The van der Waals surface area contributed by atoms with Crippen LogP contribution in [0.5, 0.6) is 0 Å². The van der Waals surface area contributed by atoms with Gasteiger partial charge in [-0.2, -0.15) is 4.31 Å². The predicted molar refractivity (Wildman–Crippen MR) is 110 cm³/mol. The molecule has 0 aromatic heterocycles. The van der Waals surface area contributed by atoms with E-state index in [1.165, 1.54) is 4.31 Å². The Morgan fingerprint density at radius 1 is 1.10 bits per heavy atom. The number of benzene rings is 1. The first-order valence-corrected chi connectivity index (χ1v) is 11.7. The van der Waals surface area contributed by atoms with Gasteiger partial charge in [0, 0.05) is 44.8 Å². The number of sulfonamides is 1. The smallest absolute Gasteiger partial charge is 0.251 e. The summed E-state index contributed by atoms with van der Waals surface area (Å²) in [6.45, 7) is 8.43. The number of ether oxygens (including phenoxy) is 2. The minimum absolute atomic E-state index is 0.0871. The normalized spacial score (nSPS) is 24.3. The molecule has 2 unspecified atom stereocenters. The molecular formula is C20H31N3O5S. The zero-order valence-electron chi connectivity index (χ0n) is 17.2. The number of carbonyl (C=O) groups excluding carboxylic acids is 1. The van der Waals surface area contributed by atoms with Gasteiger partial charge >= 0.3 is 0 Å². The lowest BCUT2D eigenvalue weighted by Crippen LogP contribution is -2.44. The minimum atomic E-state index is -3.37. The van der Waals surface area contributed by atoms with Crippen LogP contribution < -0.4 is 5.32 Å². The predicted octanol–water partition coefficient (Wildman–Crippen LogP) is 0.688. The monoisotopic (exact) mass is 425 g/mol. The molecule has 8 nitrogen and oxygen atoms in total. The Balaban J connectivity index is 1.46. The van der Waals surface area contributed by atoms with Crippen LogP contribution in [-0.4, -0.2) is 87.4 Å². The number of rotatable bonds is 7. The second-order valence-electron chi connectivity index (χ2n) is 7.73. The van der Waals surface area contributed by atoms with Crippen molar-refractivity contribution in [3.05, 3.63) is 35.4 Å². The van der Waals surface area contributed by atoms with E-state index in [1.807, 2.05) is 12.1 Å². The quantitative estimate of drug-likeness (QED) is 0.692. The van der Waals surface area contributed by atoms with Crippen LogP contribution in [0.2, 0.25) is 0 Å². The molecule has 1 aromatic carbocycles. The first-order chi connectivity index (χ1) is 13.8. The van der Waals surface area contributed by atoms with Gasteiger partial charge in [0.25, 0.3) is 5.91 Å². The summed E-state index contributed by atoms with van der Waals surface area (Å²) in [4.78, 5) is 14.7. The molecule has 162 valence electrons. The van der Waals surface area contributed by atoms with E-state index in [1.54, 1.807) is 12.1 Å². The number of nitrogens with one attached hydrogen (secondary N) is 1. The standard InChI is InChI=1S/C20H31N3O5S/c1-16-13-22(14-17(2)28-16)15-18-3-5-19(6-4-18)20(24)21-7-12-29(25,26)23-8-10-27-11-9-23/h3-6,16-17H,7-15H2,1-2H3,(H,21,24). The number of hydrogen-bond acceptors (Lipinski definition) is 6. The molecule has 0 saturated carbocycles. The Morgan fingerprint density at radius 2 is 1.72 bits per heavy atom. The molecule has 0 spiro atoms. The maximum absolute atomic E-state index is 12.3. The first-order valence-electron chi connectivity index (χ1n) is 10.1. The number of carbonyl (C=O) groups is 1. The summed E-state index contributed by atoms with van der Waals surface area (Å²) in [6.07, 6.45) is 0.440. The van der Waals surface area contributed by atoms with Crippen LogP contribution >= 0.6 is 0 Å². The number of amides is 1. The van der Waals surface area contributed by atoms with Crippen LogP contribution in [0.4, 0.5) is 0 Å². The topological polar surface area (TPSA) is 88.2 Å². The lowest BCUT2D eigenvalue weighted by Gasteiger charge is -2.35. The highest BCUT2D eigenvalue weighted by molar-refractivity contribution is 7.89. The Morgan fingerprint density at radius 3 is 2.34 bits per heavy atom. The van der Waals surface area contributed by atoms with Gasteiger partial charge in [0.05, 0.1) is 31.2 Å². The molecule has 1 N–H and O–H groups in total. The summed E-state index contributed by atoms with van der Waals surface area (Å²) in [5.41, 5.74) is 1.67. The molecule has 3 rings (SSSR count). The third-order valence-electron chi connectivity index (χ3n) is 5.13. The Bertz CT molecular complexity index is 768. The van der Waals surface area contributed by atoms with E-state index < -0.39 is 10.0 Å². The Hall–Kier alpha value is -1.52. The van der Waals surface area contributed by atoms with Crippen molar-refractivity contribution in [1.82, 2.24) is 14.5 Å². The molecule has 2 heterocycles. The molecule has 2 fully saturated rings. The lowest BCUT2D eigenvalue weighted by molar-refractivity contribution is -0.0704. The van der Waals surface area contributed by atoms with Crippen LogP contribution in [0.25, 0.3) is 0 Å². The van der Waals surface area contributed by atoms with Crippen LogP contribution in [0.1, 0.15) is 29.8 Å². The highest BCUT2D eigenvalue weighted by Crippen LogP contribution is 2.15. The summed E-state index contributed by atoms with van der Waals surface area (Å²) < 4.78 is 36.9. The second kappa shape index (κ2) is 9.99. The number of nitrogens with zero attached hydrogens (tertiary/aromatic N) is 2. The van der Waals surface area contributed by atoms with Crippen LogP contribution in [0.3, 0.4) is 0 Å². The second-order valence-corrected chi connectivity index (χ2v) is 9.82. The Kier molecular flexibility index (Phi) is 7.64. The van der Waals surface area contributed by atoms with Crippen molar-refractivity contribution in [1.29, 1.82) is 0 Å². The van der Waals surface area contributed by atoms with Gasteiger partial charge in [0.15, 0.2) is 0 Å². The fraction of sp³-hybridized carbons (Fsp3) is 0.650. The van der Waals surface area contributed by atoms with Crippen LogP contribution in [0, 0.1) is 0 Å². The molecule has 2 saturated heterocycles. The molecule has 1 amide bonds. The zero-order valence-corrected chi connectivity index (χ0v) is 18.0. The van der Waals surface area contributed by atoms with E-state index in [4.69, 9.17) is 9.47 Å². The first kappa shape index (κ1) is 22.2. The van der Waals surface area contributed by atoms with Crippen molar-refractivity contribution >= 4 is 15.9 Å². The molecule has 0 aliphatic carbocycles. The fourth-order valence-corrected chi connectivity index (χ4v) is 5.11. The van der Waals surface area contributed by atoms with Gasteiger partial charge in [0.1, 0.15) is 0 Å². The number of hydrogen-bond donors (Lipinski definition) is 1. The van der Waals surface area contributed by atoms with E-state index in [9.17, 15) is 13.2 Å². The van der Waals surface area contributed by atoms with Gasteiger partial charge in [0.2, 0.25) is 10.0 Å². The zero-order chi connectivity index (χ0) is 20.9. The molecule has 9 heteroatoms. The highest BCUT2D eigenvalue weighted by Gasteiger charge is 2.24. The van der Waals surface area contributed by atoms with Gasteiger partial charge in [-0.05, 0) is 31.5 Å². The van der Waals surface area contributed by atoms with Crippen LogP contribution in [-0.2, 0) is 26.0 Å². The Labute approximate surface area is 173 Å². The van der Waals surface area contributed by atoms with Gasteiger partial charge in [-0.1, -0.05) is 12.1 Å². The van der Waals surface area contributed by atoms with Crippen molar-refractivity contribution in [3.63, 3.8) is 0 Å². The third kappa shape index (κ3) is 6.48. The van der Waals surface area contributed by atoms with Crippen molar-refractivity contribution in [2.75, 3.05) is 51.7 Å². The molecule has 2 atom stereocenters. The van der Waals surface area contributed by atoms with Gasteiger partial charge in [-0.3, -0.25) is 9.69 Å². The average Bonchev–Trinajstić information content (AvgIpc) is 2.68. The maximum atomic E-state index is 12.3. The fourth-order valence-electron chi connectivity index (χ4n) is 3.78. The van der Waals surface area contributed by atoms with E-state index in [-0.39, 0.29) is 30.4 Å². The molecule has 2 aliphatic rings. The molecule has 2 aliphatic heterocycles. The van der Waals surface area contributed by atoms with Crippen molar-refractivity contribution in [2.24, 2.45) is 0 Å². The molecular weight excluding hydrogens is 394 g/mol. The van der Waals surface area contributed by atoms with Crippen molar-refractivity contribution in [2.45, 2.75) is 32.6 Å². The van der Waals surface area contributed by atoms with Gasteiger partial charge in [-0.15, -0.1) is 0 Å². The van der Waals surface area contributed by atoms with Crippen molar-refractivity contribution < 1.29 is 22.7 Å². The van der Waals surface area contributed by atoms with Gasteiger partial charge in [-0.25, -0.2) is 8.42 Å². The summed E-state index contributed by atoms with van der Waals surface area (Å²) >= 11 is 0. The van der Waals surface area contributed by atoms with Crippen molar-refractivity contribution in [3.8, 4) is 0 Å². The molecule has 0 radical (unpaired) electrons. The summed E-state index contributed by atoms with van der Waals surface area (Å²) in [6, 6.07) is 7.47. The van der Waals surface area contributed by atoms with E-state index in [0.29, 0.717) is 31.9 Å². The summed E-state index contributed by atoms with van der Waals surface area (Å²) in [5.74, 6) is -0.369. The largest absolute Gasteiger partial charge is 0.379 e. The summed E-state index contributed by atoms with van der Waals surface area (Å²) in [5, 5.41) is 2.70. The van der Waals surface area contributed by atoms with Crippen LogP contribution in [0.15, 0.2) is 24.3 Å². The lowest BCUT2D eigenvalue weighted by atomic mass is 10.1. The maximum Gasteiger partial charge on any atom is 0.251 e. The van der Waals surface area contributed by atoms with Gasteiger partial charge < -0.3 is 14.8 Å². The van der Waals surface area contributed by atoms with E-state index in [0.717, 1.165) is 25.2 Å². The molecule has 0 bridgehead atoms. The SMILES string of the molecule is CC1CN(Cc2ccc(C(=O)NCCS(=O)(=O)N3CCOCC3)cc2)CC(C)O1. The van der Waals surface area contributed by atoms with E-state index in [2.05, 4.69) is 24.1 Å². The molecule has 1 aromatic rings. The van der Waals surface area contributed by atoms with E-state index >= 15 is 0 Å². The number of morpholine rings is 2.